The summed E-state index contributed by atoms with van der Waals surface area (Å²) in [5, 5.41) is 20.1. The van der Waals surface area contributed by atoms with E-state index in [4.69, 9.17) is 5.11 Å². The van der Waals surface area contributed by atoms with Gasteiger partial charge in [-0.25, -0.2) is 0 Å². The number of nitro groups is 1. The van der Waals surface area contributed by atoms with E-state index in [0.717, 1.165) is 0 Å². The summed E-state index contributed by atoms with van der Waals surface area (Å²) in [4.78, 5) is 23.4. The zero-order valence-corrected chi connectivity index (χ0v) is 12.2. The van der Waals surface area contributed by atoms with Gasteiger partial charge in [0.2, 0.25) is 0 Å². The maximum absolute atomic E-state index is 11.1. The van der Waals surface area contributed by atoms with Gasteiger partial charge in [-0.15, -0.1) is 0 Å². The lowest BCUT2D eigenvalue weighted by atomic mass is 9.98. The van der Waals surface area contributed by atoms with Crippen molar-refractivity contribution in [3.63, 3.8) is 0 Å². The Morgan fingerprint density at radius 2 is 1.95 bits per heavy atom. The normalized spacial score (nSPS) is 13.2. The monoisotopic (exact) mass is 280 g/mol. The minimum absolute atomic E-state index is 0.0136. The second kappa shape index (κ2) is 6.00. The SMILES string of the molecule is CC(c1ccccc1[N+](=O)[O-])N(CC(=O)O)C(C)(C)C. The van der Waals surface area contributed by atoms with Crippen LogP contribution in [0, 0.1) is 10.1 Å². The van der Waals surface area contributed by atoms with E-state index in [9.17, 15) is 14.9 Å². The molecule has 0 saturated heterocycles. The number of carbonyl (C=O) groups is 1. The van der Waals surface area contributed by atoms with Crippen LogP contribution in [0.3, 0.4) is 0 Å². The molecule has 110 valence electrons. The zero-order valence-electron chi connectivity index (χ0n) is 12.2. The molecule has 0 saturated carbocycles. The third-order valence-electron chi connectivity index (χ3n) is 3.22. The van der Waals surface area contributed by atoms with Crippen molar-refractivity contribution in [1.29, 1.82) is 0 Å². The third-order valence-corrected chi connectivity index (χ3v) is 3.22. The zero-order chi connectivity index (χ0) is 15.5. The standard InChI is InChI=1S/C14H20N2O4/c1-10(15(9-13(17)18)14(2,3)4)11-7-5-6-8-12(11)16(19)20/h5-8,10H,9H2,1-4H3,(H,17,18). The van der Waals surface area contributed by atoms with E-state index < -0.39 is 16.4 Å². The quantitative estimate of drug-likeness (QED) is 0.662. The maximum Gasteiger partial charge on any atom is 0.317 e. The van der Waals surface area contributed by atoms with Gasteiger partial charge in [-0.1, -0.05) is 18.2 Å². The second-order valence-corrected chi connectivity index (χ2v) is 5.68. The Kier molecular flexibility index (Phi) is 4.83. The highest BCUT2D eigenvalue weighted by atomic mass is 16.6. The molecule has 1 aromatic rings. The highest BCUT2D eigenvalue weighted by Gasteiger charge is 2.32. The highest BCUT2D eigenvalue weighted by Crippen LogP contribution is 2.32. The predicted octanol–water partition coefficient (Wildman–Crippen LogP) is 2.84. The van der Waals surface area contributed by atoms with Crippen LogP contribution in [-0.2, 0) is 4.79 Å². The molecule has 0 aliphatic heterocycles. The van der Waals surface area contributed by atoms with Gasteiger partial charge >= 0.3 is 5.97 Å². The molecule has 0 fully saturated rings. The summed E-state index contributed by atoms with van der Waals surface area (Å²) in [7, 11) is 0. The minimum Gasteiger partial charge on any atom is -0.480 e. The van der Waals surface area contributed by atoms with E-state index >= 15 is 0 Å². The summed E-state index contributed by atoms with van der Waals surface area (Å²) < 4.78 is 0. The lowest BCUT2D eigenvalue weighted by Gasteiger charge is -2.39. The van der Waals surface area contributed by atoms with Crippen LogP contribution >= 0.6 is 0 Å². The number of nitrogens with zero attached hydrogens (tertiary/aromatic N) is 2. The van der Waals surface area contributed by atoms with Crippen LogP contribution in [0.5, 0.6) is 0 Å². The molecule has 1 aromatic carbocycles. The van der Waals surface area contributed by atoms with Crippen LogP contribution in [0.2, 0.25) is 0 Å². The van der Waals surface area contributed by atoms with Gasteiger partial charge in [-0.3, -0.25) is 19.8 Å². The molecule has 0 aromatic heterocycles. The fourth-order valence-corrected chi connectivity index (χ4v) is 2.28. The van der Waals surface area contributed by atoms with Crippen molar-refractivity contribution in [2.75, 3.05) is 6.54 Å². The smallest absolute Gasteiger partial charge is 0.317 e. The van der Waals surface area contributed by atoms with Crippen LogP contribution in [0.15, 0.2) is 24.3 Å². The Morgan fingerprint density at radius 1 is 1.40 bits per heavy atom. The topological polar surface area (TPSA) is 83.7 Å². The minimum atomic E-state index is -0.953. The molecular weight excluding hydrogens is 260 g/mol. The molecule has 0 spiro atoms. The molecule has 0 aliphatic rings. The van der Waals surface area contributed by atoms with Crippen LogP contribution in [0.4, 0.5) is 5.69 Å². The lowest BCUT2D eigenvalue weighted by molar-refractivity contribution is -0.386. The first-order chi connectivity index (χ1) is 9.14. The Bertz CT molecular complexity index is 508. The number of hydrogen-bond donors (Lipinski definition) is 1. The Balaban J connectivity index is 3.22. The molecule has 0 aliphatic carbocycles. The first kappa shape index (κ1) is 16.1. The van der Waals surface area contributed by atoms with Gasteiger partial charge < -0.3 is 5.11 Å². The lowest BCUT2D eigenvalue weighted by Crippen LogP contribution is -2.45. The number of rotatable bonds is 5. The number of para-hydroxylation sites is 1. The van der Waals surface area contributed by atoms with E-state index in [-0.39, 0.29) is 18.3 Å². The molecule has 1 rings (SSSR count). The van der Waals surface area contributed by atoms with E-state index in [1.54, 1.807) is 30.0 Å². The number of carboxylic acids is 1. The number of nitro benzene ring substituents is 1. The molecule has 0 amide bonds. The van der Waals surface area contributed by atoms with Crippen molar-refractivity contribution in [2.45, 2.75) is 39.3 Å². The van der Waals surface area contributed by atoms with E-state index in [2.05, 4.69) is 0 Å². The molecular formula is C14H20N2O4. The number of benzene rings is 1. The summed E-state index contributed by atoms with van der Waals surface area (Å²) in [6.45, 7) is 7.29. The second-order valence-electron chi connectivity index (χ2n) is 5.68. The predicted molar refractivity (Wildman–Crippen MR) is 75.6 cm³/mol. The molecule has 1 N–H and O–H groups in total. The summed E-state index contributed by atoms with van der Waals surface area (Å²) in [6, 6.07) is 6.07. The van der Waals surface area contributed by atoms with Crippen molar-refractivity contribution in [1.82, 2.24) is 4.90 Å². The molecule has 0 bridgehead atoms. The average molecular weight is 280 g/mol. The van der Waals surface area contributed by atoms with Crippen molar-refractivity contribution in [3.8, 4) is 0 Å². The molecule has 6 nitrogen and oxygen atoms in total. The molecule has 20 heavy (non-hydrogen) atoms. The van der Waals surface area contributed by atoms with Gasteiger partial charge in [0.05, 0.1) is 11.5 Å². The van der Waals surface area contributed by atoms with Crippen molar-refractivity contribution in [3.05, 3.63) is 39.9 Å². The summed E-state index contributed by atoms with van der Waals surface area (Å²) >= 11 is 0. The Labute approximate surface area is 118 Å². The number of aliphatic carboxylic acids is 1. The first-order valence-corrected chi connectivity index (χ1v) is 6.36. The van der Waals surface area contributed by atoms with Crippen molar-refractivity contribution < 1.29 is 14.8 Å². The van der Waals surface area contributed by atoms with Crippen LogP contribution in [-0.4, -0.2) is 33.0 Å². The van der Waals surface area contributed by atoms with Crippen LogP contribution in [0.25, 0.3) is 0 Å². The van der Waals surface area contributed by atoms with E-state index in [1.165, 1.54) is 6.07 Å². The highest BCUT2D eigenvalue weighted by molar-refractivity contribution is 5.69. The maximum atomic E-state index is 11.1. The third kappa shape index (κ3) is 3.77. The van der Waals surface area contributed by atoms with Gasteiger partial charge in [-0.05, 0) is 27.7 Å². The van der Waals surface area contributed by atoms with E-state index in [1.807, 2.05) is 20.8 Å². The van der Waals surface area contributed by atoms with Gasteiger partial charge in [0.1, 0.15) is 0 Å². The van der Waals surface area contributed by atoms with Crippen LogP contribution in [0.1, 0.15) is 39.3 Å². The van der Waals surface area contributed by atoms with Crippen LogP contribution < -0.4 is 0 Å². The largest absolute Gasteiger partial charge is 0.480 e. The van der Waals surface area contributed by atoms with Gasteiger partial charge in [0.25, 0.3) is 5.69 Å². The molecule has 1 atom stereocenters. The first-order valence-electron chi connectivity index (χ1n) is 6.36. The van der Waals surface area contributed by atoms with Gasteiger partial charge in [-0.2, -0.15) is 0 Å². The fraction of sp³-hybridized carbons (Fsp3) is 0.500. The number of hydrogen-bond acceptors (Lipinski definition) is 4. The Morgan fingerprint density at radius 3 is 2.40 bits per heavy atom. The molecule has 1 unspecified atom stereocenters. The number of carboxylic acid groups (broad SMARTS) is 1. The van der Waals surface area contributed by atoms with Gasteiger partial charge in [0.15, 0.2) is 0 Å². The summed E-state index contributed by atoms with van der Waals surface area (Å²) in [6.07, 6.45) is 0. The van der Waals surface area contributed by atoms with E-state index in [0.29, 0.717) is 5.56 Å². The van der Waals surface area contributed by atoms with Crippen molar-refractivity contribution in [2.24, 2.45) is 0 Å². The Hall–Kier alpha value is -1.95. The fourth-order valence-electron chi connectivity index (χ4n) is 2.28. The molecule has 6 heteroatoms. The molecule has 0 radical (unpaired) electrons. The summed E-state index contributed by atoms with van der Waals surface area (Å²) in [5.74, 6) is -0.953. The molecule has 0 heterocycles. The summed E-state index contributed by atoms with van der Waals surface area (Å²) in [5.41, 5.74) is 0.120. The van der Waals surface area contributed by atoms with Crippen molar-refractivity contribution >= 4 is 11.7 Å². The average Bonchev–Trinajstić information content (AvgIpc) is 2.33. The van der Waals surface area contributed by atoms with Gasteiger partial charge in [0, 0.05) is 23.2 Å².